The zero-order chi connectivity index (χ0) is 13.0. The van der Waals surface area contributed by atoms with Gasteiger partial charge in [-0.05, 0) is 30.3 Å². The minimum Gasteiger partial charge on any atom is -0.506 e. The monoisotopic (exact) mass is 258 g/mol. The number of nitrogens with one attached hydrogen (secondary N) is 1. The number of phenols is 1. The van der Waals surface area contributed by atoms with Gasteiger partial charge in [0.05, 0.1) is 16.7 Å². The van der Waals surface area contributed by atoms with Gasteiger partial charge in [0.2, 0.25) is 0 Å². The maximum absolute atomic E-state index is 9.74. The van der Waals surface area contributed by atoms with E-state index in [1.807, 2.05) is 12.1 Å². The highest BCUT2D eigenvalue weighted by Gasteiger charge is 2.04. The Kier molecular flexibility index (Phi) is 3.71. The second kappa shape index (κ2) is 5.44. The van der Waals surface area contributed by atoms with Crippen LogP contribution in [-0.4, -0.2) is 5.11 Å². The zero-order valence-corrected chi connectivity index (χ0v) is 10.3. The molecule has 0 fully saturated rings. The molecule has 0 unspecified atom stereocenters. The Labute approximate surface area is 110 Å². The SMILES string of the molecule is N#Cc1ccc(NCc2cccc(Cl)c2O)cc1. The second-order valence-electron chi connectivity index (χ2n) is 3.79. The Morgan fingerprint density at radius 2 is 1.89 bits per heavy atom. The molecule has 2 rings (SSSR count). The second-order valence-corrected chi connectivity index (χ2v) is 4.20. The number of nitriles is 1. The molecule has 0 bridgehead atoms. The fourth-order valence-corrected chi connectivity index (χ4v) is 1.76. The number of rotatable bonds is 3. The molecular weight excluding hydrogens is 248 g/mol. The van der Waals surface area contributed by atoms with Crippen LogP contribution in [0.25, 0.3) is 0 Å². The van der Waals surface area contributed by atoms with Crippen LogP contribution in [0, 0.1) is 11.3 Å². The van der Waals surface area contributed by atoms with Crippen LogP contribution >= 0.6 is 11.6 Å². The third-order valence-electron chi connectivity index (χ3n) is 2.57. The molecule has 0 saturated heterocycles. The lowest BCUT2D eigenvalue weighted by atomic mass is 10.2. The third kappa shape index (κ3) is 2.73. The fraction of sp³-hybridized carbons (Fsp3) is 0.0714. The van der Waals surface area contributed by atoms with Crippen LogP contribution in [0.2, 0.25) is 5.02 Å². The van der Waals surface area contributed by atoms with Crippen molar-refractivity contribution in [3.63, 3.8) is 0 Å². The molecule has 0 heterocycles. The molecule has 4 heteroatoms. The quantitative estimate of drug-likeness (QED) is 0.886. The first kappa shape index (κ1) is 12.3. The van der Waals surface area contributed by atoms with Crippen LogP contribution in [0.4, 0.5) is 5.69 Å². The van der Waals surface area contributed by atoms with Gasteiger partial charge in [0.1, 0.15) is 5.75 Å². The highest BCUT2D eigenvalue weighted by atomic mass is 35.5. The Balaban J connectivity index is 2.07. The van der Waals surface area contributed by atoms with Crippen LogP contribution in [0.5, 0.6) is 5.75 Å². The van der Waals surface area contributed by atoms with Crippen molar-refractivity contribution in [2.45, 2.75) is 6.54 Å². The summed E-state index contributed by atoms with van der Waals surface area (Å²) in [6, 6.07) is 14.4. The van der Waals surface area contributed by atoms with Gasteiger partial charge >= 0.3 is 0 Å². The van der Waals surface area contributed by atoms with Crippen LogP contribution in [0.1, 0.15) is 11.1 Å². The molecule has 0 amide bonds. The van der Waals surface area contributed by atoms with Crippen molar-refractivity contribution >= 4 is 17.3 Å². The summed E-state index contributed by atoms with van der Waals surface area (Å²) in [6.07, 6.45) is 0. The van der Waals surface area contributed by atoms with Crippen molar-refractivity contribution in [3.05, 3.63) is 58.6 Å². The molecule has 3 nitrogen and oxygen atoms in total. The fourth-order valence-electron chi connectivity index (χ4n) is 1.56. The van der Waals surface area contributed by atoms with Crippen molar-refractivity contribution in [2.24, 2.45) is 0 Å². The first-order chi connectivity index (χ1) is 8.70. The average molecular weight is 259 g/mol. The smallest absolute Gasteiger partial charge is 0.139 e. The summed E-state index contributed by atoms with van der Waals surface area (Å²) in [7, 11) is 0. The van der Waals surface area contributed by atoms with Crippen molar-refractivity contribution in [1.82, 2.24) is 0 Å². The Morgan fingerprint density at radius 1 is 1.17 bits per heavy atom. The normalized spacial score (nSPS) is 9.78. The molecule has 0 aromatic heterocycles. The topological polar surface area (TPSA) is 56.0 Å². The van der Waals surface area contributed by atoms with E-state index in [-0.39, 0.29) is 5.75 Å². The standard InChI is InChI=1S/C14H11ClN2O/c15-13-3-1-2-11(14(13)18)9-17-12-6-4-10(8-16)5-7-12/h1-7,17-18H,9H2. The van der Waals surface area contributed by atoms with E-state index < -0.39 is 0 Å². The average Bonchev–Trinajstić information content (AvgIpc) is 2.41. The minimum atomic E-state index is 0.0975. The van der Waals surface area contributed by atoms with Gasteiger partial charge in [-0.15, -0.1) is 0 Å². The number of benzene rings is 2. The molecule has 0 aliphatic heterocycles. The molecule has 90 valence electrons. The molecule has 0 aliphatic carbocycles. The van der Waals surface area contributed by atoms with E-state index in [4.69, 9.17) is 16.9 Å². The van der Waals surface area contributed by atoms with E-state index in [1.54, 1.807) is 30.3 Å². The van der Waals surface area contributed by atoms with Gasteiger partial charge in [0, 0.05) is 17.8 Å². The van der Waals surface area contributed by atoms with Gasteiger partial charge in [0.25, 0.3) is 0 Å². The number of para-hydroxylation sites is 1. The van der Waals surface area contributed by atoms with E-state index in [0.717, 1.165) is 11.3 Å². The van der Waals surface area contributed by atoms with Gasteiger partial charge in [-0.25, -0.2) is 0 Å². The predicted molar refractivity (Wildman–Crippen MR) is 71.6 cm³/mol. The molecular formula is C14H11ClN2O. The molecule has 2 aromatic carbocycles. The predicted octanol–water partition coefficient (Wildman–Crippen LogP) is 3.53. The maximum Gasteiger partial charge on any atom is 0.139 e. The van der Waals surface area contributed by atoms with Crippen molar-refractivity contribution in [1.29, 1.82) is 5.26 Å². The molecule has 18 heavy (non-hydrogen) atoms. The van der Waals surface area contributed by atoms with Gasteiger partial charge in [-0.2, -0.15) is 5.26 Å². The Bertz CT molecular complexity index is 588. The number of hydrogen-bond acceptors (Lipinski definition) is 3. The number of phenolic OH excluding ortho intramolecular Hbond substituents is 1. The summed E-state index contributed by atoms with van der Waals surface area (Å²) in [6.45, 7) is 0.471. The lowest BCUT2D eigenvalue weighted by Gasteiger charge is -2.09. The highest BCUT2D eigenvalue weighted by molar-refractivity contribution is 6.32. The summed E-state index contributed by atoms with van der Waals surface area (Å²) in [5.41, 5.74) is 2.23. The van der Waals surface area contributed by atoms with Crippen LogP contribution in [0.3, 0.4) is 0 Å². The molecule has 0 aliphatic rings. The molecule has 0 radical (unpaired) electrons. The van der Waals surface area contributed by atoms with Crippen LogP contribution in [0.15, 0.2) is 42.5 Å². The van der Waals surface area contributed by atoms with Crippen molar-refractivity contribution in [3.8, 4) is 11.8 Å². The van der Waals surface area contributed by atoms with Crippen LogP contribution < -0.4 is 5.32 Å². The number of anilines is 1. The first-order valence-electron chi connectivity index (χ1n) is 5.41. The summed E-state index contributed by atoms with van der Waals surface area (Å²) in [5.74, 6) is 0.0975. The number of halogens is 1. The van der Waals surface area contributed by atoms with Gasteiger partial charge < -0.3 is 10.4 Å². The number of hydrogen-bond donors (Lipinski definition) is 2. The van der Waals surface area contributed by atoms with Gasteiger partial charge in [0.15, 0.2) is 0 Å². The largest absolute Gasteiger partial charge is 0.506 e. The van der Waals surface area contributed by atoms with E-state index in [0.29, 0.717) is 17.1 Å². The highest BCUT2D eigenvalue weighted by Crippen LogP contribution is 2.27. The number of aromatic hydroxyl groups is 1. The summed E-state index contributed by atoms with van der Waals surface area (Å²) < 4.78 is 0. The molecule has 0 atom stereocenters. The Hall–Kier alpha value is -2.18. The van der Waals surface area contributed by atoms with Crippen LogP contribution in [-0.2, 0) is 6.54 Å². The minimum absolute atomic E-state index is 0.0975. The first-order valence-corrected chi connectivity index (χ1v) is 5.79. The summed E-state index contributed by atoms with van der Waals surface area (Å²) in [4.78, 5) is 0. The summed E-state index contributed by atoms with van der Waals surface area (Å²) in [5, 5.41) is 21.9. The third-order valence-corrected chi connectivity index (χ3v) is 2.87. The summed E-state index contributed by atoms with van der Waals surface area (Å²) >= 11 is 5.82. The van der Waals surface area contributed by atoms with E-state index in [1.165, 1.54) is 0 Å². The molecule has 0 spiro atoms. The molecule has 2 N–H and O–H groups in total. The lowest BCUT2D eigenvalue weighted by molar-refractivity contribution is 0.469. The van der Waals surface area contributed by atoms with Crippen molar-refractivity contribution < 1.29 is 5.11 Å². The Morgan fingerprint density at radius 3 is 2.56 bits per heavy atom. The van der Waals surface area contributed by atoms with Gasteiger partial charge in [-0.1, -0.05) is 23.7 Å². The molecule has 2 aromatic rings. The van der Waals surface area contributed by atoms with Crippen molar-refractivity contribution in [2.75, 3.05) is 5.32 Å². The van der Waals surface area contributed by atoms with E-state index >= 15 is 0 Å². The van der Waals surface area contributed by atoms with Gasteiger partial charge in [-0.3, -0.25) is 0 Å². The number of nitrogens with zero attached hydrogens (tertiary/aromatic N) is 1. The lowest BCUT2D eigenvalue weighted by Crippen LogP contribution is -1.99. The van der Waals surface area contributed by atoms with E-state index in [2.05, 4.69) is 11.4 Å². The van der Waals surface area contributed by atoms with E-state index in [9.17, 15) is 5.11 Å². The maximum atomic E-state index is 9.74. The zero-order valence-electron chi connectivity index (χ0n) is 9.52. The molecule has 0 saturated carbocycles.